The Morgan fingerprint density at radius 3 is 3.06 bits per heavy atom. The molecule has 0 aliphatic carbocycles. The first-order chi connectivity index (χ1) is 8.81. The summed E-state index contributed by atoms with van der Waals surface area (Å²) in [6.07, 6.45) is 3.61. The molecule has 3 rings (SSSR count). The van der Waals surface area contributed by atoms with Gasteiger partial charge in [-0.3, -0.25) is 14.2 Å². The molecule has 90 valence electrons. The summed E-state index contributed by atoms with van der Waals surface area (Å²) < 4.78 is 12.3. The average molecular weight is 242 g/mol. The van der Waals surface area contributed by atoms with Crippen molar-refractivity contribution in [2.75, 3.05) is 12.0 Å². The van der Waals surface area contributed by atoms with Crippen LogP contribution in [0.2, 0.25) is 0 Å². The Bertz CT molecular complexity index is 664. The number of aromatic nitrogens is 1. The molecule has 1 aliphatic heterocycles. The number of allylic oxidation sites excluding steroid dienone is 1. The smallest absolute Gasteiger partial charge is 0.256 e. The Hall–Kier alpha value is -2.23. The number of hydrogen-bond donors (Lipinski definition) is 1. The molecule has 0 bridgehead atoms. The third kappa shape index (κ3) is 1.57. The summed E-state index contributed by atoms with van der Waals surface area (Å²) in [5.74, 6) is -0.171. The molecule has 4 heteroatoms. The monoisotopic (exact) mass is 242 g/mol. The maximum Gasteiger partial charge on any atom is 0.256 e. The first kappa shape index (κ1) is 10.9. The van der Waals surface area contributed by atoms with Gasteiger partial charge in [0.2, 0.25) is 0 Å². The van der Waals surface area contributed by atoms with Crippen molar-refractivity contribution < 1.29 is 9.18 Å². The van der Waals surface area contributed by atoms with E-state index in [1.54, 1.807) is 12.3 Å². The fourth-order valence-corrected chi connectivity index (χ4v) is 2.24. The van der Waals surface area contributed by atoms with E-state index in [-0.39, 0.29) is 12.3 Å². The molecule has 0 saturated carbocycles. The summed E-state index contributed by atoms with van der Waals surface area (Å²) in [5.41, 5.74) is 2.98. The summed E-state index contributed by atoms with van der Waals surface area (Å²) in [4.78, 5) is 16.1. The summed E-state index contributed by atoms with van der Waals surface area (Å²) in [6.45, 7) is -0.463. The number of benzene rings is 1. The van der Waals surface area contributed by atoms with E-state index in [1.165, 1.54) is 0 Å². The van der Waals surface area contributed by atoms with E-state index in [9.17, 15) is 9.18 Å². The first-order valence-corrected chi connectivity index (χ1v) is 5.77. The van der Waals surface area contributed by atoms with Gasteiger partial charge in [-0.15, -0.1) is 0 Å². The van der Waals surface area contributed by atoms with Gasteiger partial charge in [-0.1, -0.05) is 12.1 Å². The van der Waals surface area contributed by atoms with Crippen molar-refractivity contribution in [2.24, 2.45) is 0 Å². The summed E-state index contributed by atoms with van der Waals surface area (Å²) in [7, 11) is 0. The van der Waals surface area contributed by atoms with E-state index in [4.69, 9.17) is 0 Å². The fourth-order valence-electron chi connectivity index (χ4n) is 2.24. The third-order valence-electron chi connectivity index (χ3n) is 3.00. The highest BCUT2D eigenvalue weighted by molar-refractivity contribution is 6.34. The lowest BCUT2D eigenvalue weighted by atomic mass is 10.0. The van der Waals surface area contributed by atoms with Gasteiger partial charge < -0.3 is 5.32 Å². The average Bonchev–Trinajstić information content (AvgIpc) is 2.72. The van der Waals surface area contributed by atoms with Crippen molar-refractivity contribution in [2.45, 2.75) is 6.42 Å². The van der Waals surface area contributed by atoms with Crippen LogP contribution in [0, 0.1) is 0 Å². The van der Waals surface area contributed by atoms with Gasteiger partial charge >= 0.3 is 0 Å². The number of anilines is 1. The maximum absolute atomic E-state index is 12.3. The van der Waals surface area contributed by atoms with Crippen LogP contribution in [-0.4, -0.2) is 17.6 Å². The number of pyridine rings is 1. The second-order valence-corrected chi connectivity index (χ2v) is 4.11. The minimum absolute atomic E-state index is 0.171. The minimum atomic E-state index is -0.463. The number of amides is 1. The lowest BCUT2D eigenvalue weighted by Crippen LogP contribution is -2.03. The Kier molecular flexibility index (Phi) is 2.55. The SMILES string of the molecule is O=C1Nc2ccc3ncccc3c2/C1=C/CCF. The van der Waals surface area contributed by atoms with Gasteiger partial charge in [0.05, 0.1) is 12.2 Å². The fraction of sp³-hybridized carbons (Fsp3) is 0.143. The summed E-state index contributed by atoms with van der Waals surface area (Å²) in [5, 5.41) is 3.71. The molecular formula is C14H11FN2O. The third-order valence-corrected chi connectivity index (χ3v) is 3.00. The highest BCUT2D eigenvalue weighted by Crippen LogP contribution is 2.37. The van der Waals surface area contributed by atoms with Crippen LogP contribution in [0.3, 0.4) is 0 Å². The van der Waals surface area contributed by atoms with Crippen LogP contribution < -0.4 is 5.32 Å². The van der Waals surface area contributed by atoms with Crippen LogP contribution in [0.25, 0.3) is 16.5 Å². The number of nitrogens with one attached hydrogen (secondary N) is 1. The van der Waals surface area contributed by atoms with Gasteiger partial charge in [0.1, 0.15) is 0 Å². The number of halogens is 1. The van der Waals surface area contributed by atoms with Gasteiger partial charge in [0, 0.05) is 28.4 Å². The molecule has 1 amide bonds. The van der Waals surface area contributed by atoms with E-state index in [2.05, 4.69) is 10.3 Å². The number of carbonyl (C=O) groups is 1. The topological polar surface area (TPSA) is 42.0 Å². The molecule has 0 radical (unpaired) electrons. The van der Waals surface area contributed by atoms with Gasteiger partial charge in [-0.2, -0.15) is 0 Å². The van der Waals surface area contributed by atoms with Gasteiger partial charge in [0.15, 0.2) is 0 Å². The highest BCUT2D eigenvalue weighted by atomic mass is 19.1. The van der Waals surface area contributed by atoms with Crippen LogP contribution in [0.15, 0.2) is 36.5 Å². The van der Waals surface area contributed by atoms with Crippen molar-refractivity contribution in [3.05, 3.63) is 42.1 Å². The molecule has 3 nitrogen and oxygen atoms in total. The van der Waals surface area contributed by atoms with Gasteiger partial charge in [-0.25, -0.2) is 0 Å². The normalized spacial score (nSPS) is 16.1. The van der Waals surface area contributed by atoms with E-state index in [0.717, 1.165) is 22.2 Å². The zero-order valence-corrected chi connectivity index (χ0v) is 9.61. The van der Waals surface area contributed by atoms with Crippen molar-refractivity contribution in [3.63, 3.8) is 0 Å². The van der Waals surface area contributed by atoms with Crippen molar-refractivity contribution in [1.29, 1.82) is 0 Å². The van der Waals surface area contributed by atoms with Crippen LogP contribution in [0.5, 0.6) is 0 Å². The largest absolute Gasteiger partial charge is 0.321 e. The second kappa shape index (κ2) is 4.22. The first-order valence-electron chi connectivity index (χ1n) is 5.77. The number of carbonyl (C=O) groups excluding carboxylic acids is 1. The van der Waals surface area contributed by atoms with Crippen LogP contribution in [0.4, 0.5) is 10.1 Å². The van der Waals surface area contributed by atoms with Crippen LogP contribution in [0.1, 0.15) is 12.0 Å². The molecule has 1 aliphatic rings. The molecular weight excluding hydrogens is 231 g/mol. The highest BCUT2D eigenvalue weighted by Gasteiger charge is 2.25. The Morgan fingerprint density at radius 2 is 2.22 bits per heavy atom. The minimum Gasteiger partial charge on any atom is -0.321 e. The molecule has 1 aromatic heterocycles. The zero-order chi connectivity index (χ0) is 12.5. The van der Waals surface area contributed by atoms with E-state index < -0.39 is 6.67 Å². The molecule has 2 heterocycles. The van der Waals surface area contributed by atoms with Gasteiger partial charge in [0.25, 0.3) is 5.91 Å². The summed E-state index contributed by atoms with van der Waals surface area (Å²) in [6, 6.07) is 7.45. The number of nitrogens with zero attached hydrogens (tertiary/aromatic N) is 1. The molecule has 0 unspecified atom stereocenters. The molecule has 2 aromatic rings. The zero-order valence-electron chi connectivity index (χ0n) is 9.61. The number of fused-ring (bicyclic) bond motifs is 3. The van der Waals surface area contributed by atoms with Crippen LogP contribution >= 0.6 is 0 Å². The molecule has 0 spiro atoms. The summed E-state index contributed by atoms with van der Waals surface area (Å²) >= 11 is 0. The lowest BCUT2D eigenvalue weighted by molar-refractivity contribution is -0.110. The molecule has 1 N–H and O–H groups in total. The second-order valence-electron chi connectivity index (χ2n) is 4.11. The standard InChI is InChI=1S/C14H11FN2O/c15-7-1-3-10-13-9-4-2-8-16-11(9)5-6-12(13)17-14(10)18/h2-6,8H,1,7H2,(H,17,18)/b10-3-. The lowest BCUT2D eigenvalue weighted by Gasteiger charge is -2.03. The van der Waals surface area contributed by atoms with Crippen molar-refractivity contribution in [3.8, 4) is 0 Å². The Balaban J connectivity index is 2.26. The van der Waals surface area contributed by atoms with E-state index >= 15 is 0 Å². The quantitative estimate of drug-likeness (QED) is 0.823. The molecule has 0 atom stereocenters. The predicted octanol–water partition coefficient (Wildman–Crippen LogP) is 2.93. The number of rotatable bonds is 2. The molecule has 0 saturated heterocycles. The predicted molar refractivity (Wildman–Crippen MR) is 68.9 cm³/mol. The van der Waals surface area contributed by atoms with Crippen LogP contribution in [-0.2, 0) is 4.79 Å². The Labute approximate surface area is 103 Å². The molecule has 1 aromatic carbocycles. The molecule has 18 heavy (non-hydrogen) atoms. The number of alkyl halides is 1. The van der Waals surface area contributed by atoms with Gasteiger partial charge in [-0.05, 0) is 24.6 Å². The maximum atomic E-state index is 12.3. The number of hydrogen-bond acceptors (Lipinski definition) is 2. The molecule has 0 fully saturated rings. The Morgan fingerprint density at radius 1 is 1.33 bits per heavy atom. The van der Waals surface area contributed by atoms with Crippen molar-refractivity contribution >= 4 is 28.1 Å². The van der Waals surface area contributed by atoms with Crippen molar-refractivity contribution in [1.82, 2.24) is 4.98 Å². The van der Waals surface area contributed by atoms with E-state index in [1.807, 2.05) is 24.3 Å². The van der Waals surface area contributed by atoms with E-state index in [0.29, 0.717) is 5.57 Å².